The van der Waals surface area contributed by atoms with E-state index < -0.39 is 0 Å². The number of ketones is 1. The monoisotopic (exact) mass is 227 g/mol. The van der Waals surface area contributed by atoms with Crippen LogP contribution in [0.1, 0.15) is 41.1 Å². The third kappa shape index (κ3) is 2.75. The van der Waals surface area contributed by atoms with Crippen LogP contribution in [0.15, 0.2) is 24.3 Å². The molecule has 0 unspecified atom stereocenters. The largest absolute Gasteiger partial charge is 0.299 e. The highest BCUT2D eigenvalue weighted by Gasteiger charge is 2.23. The molecule has 0 bridgehead atoms. The summed E-state index contributed by atoms with van der Waals surface area (Å²) in [4.78, 5) is 12.1. The van der Waals surface area contributed by atoms with Gasteiger partial charge in [-0.2, -0.15) is 0 Å². The summed E-state index contributed by atoms with van der Waals surface area (Å²) >= 11 is 0. The maximum Gasteiger partial charge on any atom is 0.176 e. The molecule has 0 spiro atoms. The molecule has 0 radical (unpaired) electrons. The van der Waals surface area contributed by atoms with Gasteiger partial charge in [0.2, 0.25) is 0 Å². The van der Waals surface area contributed by atoms with Crippen LogP contribution < -0.4 is 5.32 Å². The van der Waals surface area contributed by atoms with E-state index in [2.05, 4.69) is 17.3 Å². The van der Waals surface area contributed by atoms with Crippen molar-refractivity contribution in [3.05, 3.63) is 35.4 Å². The summed E-state index contributed by atoms with van der Waals surface area (Å²) in [6, 6.07) is 7.95. The Morgan fingerprint density at radius 2 is 2.18 bits per heavy atom. The fraction of sp³-hybridized carbons (Fsp3) is 0.400. The second kappa shape index (κ2) is 5.65. The zero-order valence-corrected chi connectivity index (χ0v) is 9.91. The first-order valence-corrected chi connectivity index (χ1v) is 6.09. The molecule has 2 nitrogen and oxygen atoms in total. The van der Waals surface area contributed by atoms with Gasteiger partial charge in [0, 0.05) is 5.56 Å². The van der Waals surface area contributed by atoms with Gasteiger partial charge in [0.15, 0.2) is 5.78 Å². The minimum Gasteiger partial charge on any atom is -0.299 e. The first kappa shape index (κ1) is 11.9. The zero-order valence-electron chi connectivity index (χ0n) is 9.91. The Kier molecular flexibility index (Phi) is 3.95. The van der Waals surface area contributed by atoms with Crippen molar-refractivity contribution in [2.24, 2.45) is 0 Å². The Morgan fingerprint density at radius 1 is 1.41 bits per heavy atom. The van der Waals surface area contributed by atoms with E-state index in [0.717, 1.165) is 5.56 Å². The molecule has 0 saturated heterocycles. The lowest BCUT2D eigenvalue weighted by atomic mass is 9.77. The quantitative estimate of drug-likeness (QED) is 0.475. The average molecular weight is 227 g/mol. The van der Waals surface area contributed by atoms with Gasteiger partial charge in [0.25, 0.3) is 0 Å². The van der Waals surface area contributed by atoms with Crippen LogP contribution in [0.5, 0.6) is 0 Å². The second-order valence-electron chi connectivity index (χ2n) is 4.45. The van der Waals surface area contributed by atoms with Crippen LogP contribution >= 0.6 is 0 Å². The predicted molar refractivity (Wildman–Crippen MR) is 69.1 cm³/mol. The number of hydrogen-bond acceptors (Lipinski definition) is 2. The third-order valence-corrected chi connectivity index (χ3v) is 3.32. The molecule has 2 rings (SSSR count). The number of rotatable bonds is 5. The molecule has 0 amide bonds. The van der Waals surface area contributed by atoms with Crippen LogP contribution in [-0.4, -0.2) is 18.9 Å². The summed E-state index contributed by atoms with van der Waals surface area (Å²) in [6.07, 6.45) is 8.84. The van der Waals surface area contributed by atoms with Crippen LogP contribution in [0.2, 0.25) is 0 Å². The molecule has 1 aromatic carbocycles. The molecule has 0 heterocycles. The van der Waals surface area contributed by atoms with Gasteiger partial charge >= 0.3 is 0 Å². The Labute approximate surface area is 102 Å². The van der Waals surface area contributed by atoms with E-state index in [0.29, 0.717) is 19.0 Å². The number of terminal acetylenes is 1. The van der Waals surface area contributed by atoms with Crippen molar-refractivity contribution in [2.75, 3.05) is 13.1 Å². The summed E-state index contributed by atoms with van der Waals surface area (Å²) in [5, 5.41) is 2.95. The van der Waals surface area contributed by atoms with Crippen molar-refractivity contribution in [3.63, 3.8) is 0 Å². The van der Waals surface area contributed by atoms with Gasteiger partial charge < -0.3 is 0 Å². The van der Waals surface area contributed by atoms with Crippen molar-refractivity contribution in [1.29, 1.82) is 0 Å². The van der Waals surface area contributed by atoms with Gasteiger partial charge in [-0.1, -0.05) is 36.6 Å². The van der Waals surface area contributed by atoms with Crippen LogP contribution in [0.4, 0.5) is 0 Å². The van der Waals surface area contributed by atoms with Gasteiger partial charge in [-0.25, -0.2) is 0 Å². The molecule has 1 aliphatic rings. The highest BCUT2D eigenvalue weighted by Crippen LogP contribution is 2.37. The first-order chi connectivity index (χ1) is 8.33. The molecule has 2 heteroatoms. The Bertz CT molecular complexity index is 440. The highest BCUT2D eigenvalue weighted by molar-refractivity contribution is 5.99. The first-order valence-electron chi connectivity index (χ1n) is 6.09. The molecule has 0 aliphatic heterocycles. The minimum absolute atomic E-state index is 0.141. The number of hydrogen-bond donors (Lipinski definition) is 1. The number of nitrogens with one attached hydrogen (secondary N) is 1. The molecular weight excluding hydrogens is 210 g/mol. The molecular formula is C15H17NO. The summed E-state index contributed by atoms with van der Waals surface area (Å²) in [5.74, 6) is 3.20. The lowest BCUT2D eigenvalue weighted by Crippen LogP contribution is -2.25. The van der Waals surface area contributed by atoms with E-state index in [1.165, 1.54) is 24.8 Å². The van der Waals surface area contributed by atoms with E-state index in [1.54, 1.807) is 0 Å². The molecule has 1 fully saturated rings. The Balaban J connectivity index is 2.08. The van der Waals surface area contributed by atoms with E-state index in [4.69, 9.17) is 6.42 Å². The van der Waals surface area contributed by atoms with Gasteiger partial charge in [-0.3, -0.25) is 10.1 Å². The van der Waals surface area contributed by atoms with E-state index in [9.17, 15) is 4.79 Å². The summed E-state index contributed by atoms with van der Waals surface area (Å²) in [6.45, 7) is 0.769. The van der Waals surface area contributed by atoms with E-state index in [1.807, 2.05) is 18.2 Å². The number of carbonyl (C=O) groups excluding carboxylic acids is 1. The topological polar surface area (TPSA) is 29.1 Å². The lowest BCUT2D eigenvalue weighted by Gasteiger charge is -2.27. The molecule has 0 atom stereocenters. The Hall–Kier alpha value is -1.59. The minimum atomic E-state index is 0.141. The number of Topliss-reactive ketones (excluding diaryl/α,β-unsaturated/α-hetero) is 1. The molecule has 1 aliphatic carbocycles. The molecule has 1 N–H and O–H groups in total. The van der Waals surface area contributed by atoms with Crippen molar-refractivity contribution in [3.8, 4) is 12.3 Å². The smallest absolute Gasteiger partial charge is 0.176 e. The van der Waals surface area contributed by atoms with Gasteiger partial charge in [-0.15, -0.1) is 6.42 Å². The van der Waals surface area contributed by atoms with Crippen LogP contribution in [0.25, 0.3) is 0 Å². The number of benzene rings is 1. The predicted octanol–water partition coefficient (Wildman–Crippen LogP) is 2.36. The third-order valence-electron chi connectivity index (χ3n) is 3.32. The fourth-order valence-electron chi connectivity index (χ4n) is 2.17. The van der Waals surface area contributed by atoms with Gasteiger partial charge in [-0.05, 0) is 24.3 Å². The van der Waals surface area contributed by atoms with Gasteiger partial charge in [0.05, 0.1) is 13.1 Å². The fourth-order valence-corrected chi connectivity index (χ4v) is 2.17. The normalized spacial score (nSPS) is 15.0. The van der Waals surface area contributed by atoms with Crippen LogP contribution in [0.3, 0.4) is 0 Å². The molecule has 17 heavy (non-hydrogen) atoms. The van der Waals surface area contributed by atoms with Crippen LogP contribution in [0, 0.1) is 12.3 Å². The van der Waals surface area contributed by atoms with E-state index in [-0.39, 0.29) is 5.78 Å². The SMILES string of the molecule is C#CCNCC(=O)c1ccccc1C1CCC1. The molecule has 1 aromatic rings. The summed E-state index contributed by atoms with van der Waals surface area (Å²) < 4.78 is 0. The lowest BCUT2D eigenvalue weighted by molar-refractivity contribution is 0.0990. The molecule has 1 saturated carbocycles. The maximum absolute atomic E-state index is 12.1. The van der Waals surface area contributed by atoms with Crippen molar-refractivity contribution < 1.29 is 4.79 Å². The Morgan fingerprint density at radius 3 is 2.82 bits per heavy atom. The maximum atomic E-state index is 12.1. The zero-order chi connectivity index (χ0) is 12.1. The van der Waals surface area contributed by atoms with E-state index >= 15 is 0 Å². The molecule has 0 aromatic heterocycles. The van der Waals surface area contributed by atoms with Crippen molar-refractivity contribution >= 4 is 5.78 Å². The van der Waals surface area contributed by atoms with Crippen LogP contribution in [-0.2, 0) is 0 Å². The second-order valence-corrected chi connectivity index (χ2v) is 4.45. The number of carbonyl (C=O) groups is 1. The summed E-state index contributed by atoms with van der Waals surface area (Å²) in [7, 11) is 0. The van der Waals surface area contributed by atoms with Crippen molar-refractivity contribution in [1.82, 2.24) is 5.32 Å². The average Bonchev–Trinajstić information content (AvgIpc) is 2.28. The highest BCUT2D eigenvalue weighted by atomic mass is 16.1. The van der Waals surface area contributed by atoms with Gasteiger partial charge in [0.1, 0.15) is 0 Å². The molecule has 88 valence electrons. The standard InChI is InChI=1S/C15H17NO/c1-2-10-16-11-15(17)14-9-4-3-8-13(14)12-6-5-7-12/h1,3-4,8-9,12,16H,5-7,10-11H2. The summed E-state index contributed by atoms with van der Waals surface area (Å²) in [5.41, 5.74) is 2.08. The van der Waals surface area contributed by atoms with Crippen molar-refractivity contribution in [2.45, 2.75) is 25.2 Å².